The number of anilines is 3. The maximum absolute atomic E-state index is 12.2. The van der Waals surface area contributed by atoms with Gasteiger partial charge in [-0.25, -0.2) is 0 Å². The maximum Gasteiger partial charge on any atom is 0.291 e. The van der Waals surface area contributed by atoms with E-state index in [4.69, 9.17) is 27.6 Å². The zero-order valence-corrected chi connectivity index (χ0v) is 15.5. The van der Waals surface area contributed by atoms with Crippen molar-refractivity contribution < 1.29 is 14.0 Å². The van der Waals surface area contributed by atoms with Crippen molar-refractivity contribution in [2.24, 2.45) is 0 Å². The summed E-state index contributed by atoms with van der Waals surface area (Å²) in [6, 6.07) is 14.9. The van der Waals surface area contributed by atoms with Gasteiger partial charge < -0.3 is 20.4 Å². The summed E-state index contributed by atoms with van der Waals surface area (Å²) < 4.78 is 5.07. The van der Waals surface area contributed by atoms with Gasteiger partial charge in [-0.1, -0.05) is 29.3 Å². The minimum Gasteiger partial charge on any atom is -0.459 e. The molecule has 0 aliphatic heterocycles. The summed E-state index contributed by atoms with van der Waals surface area (Å²) in [5, 5.41) is 9.39. The van der Waals surface area contributed by atoms with Gasteiger partial charge in [-0.05, 0) is 48.5 Å². The van der Waals surface area contributed by atoms with E-state index in [0.29, 0.717) is 27.1 Å². The lowest BCUT2D eigenvalue weighted by atomic mass is 10.2. The van der Waals surface area contributed by atoms with Gasteiger partial charge in [-0.2, -0.15) is 0 Å². The smallest absolute Gasteiger partial charge is 0.291 e. The molecule has 0 fully saturated rings. The first-order chi connectivity index (χ1) is 13.0. The fourth-order valence-electron chi connectivity index (χ4n) is 2.31. The van der Waals surface area contributed by atoms with E-state index in [9.17, 15) is 9.59 Å². The molecule has 0 saturated heterocycles. The van der Waals surface area contributed by atoms with E-state index in [0.717, 1.165) is 0 Å². The Hall–Kier alpha value is -2.96. The van der Waals surface area contributed by atoms with Crippen LogP contribution in [0.2, 0.25) is 10.0 Å². The number of hydrogen-bond acceptors (Lipinski definition) is 4. The van der Waals surface area contributed by atoms with Gasteiger partial charge in [0.25, 0.3) is 5.91 Å². The van der Waals surface area contributed by atoms with Crippen LogP contribution in [0.5, 0.6) is 0 Å². The normalized spacial score (nSPS) is 10.3. The average molecular weight is 404 g/mol. The number of amides is 2. The van der Waals surface area contributed by atoms with E-state index < -0.39 is 5.91 Å². The Morgan fingerprint density at radius 1 is 0.889 bits per heavy atom. The zero-order chi connectivity index (χ0) is 19.2. The molecule has 2 amide bonds. The fraction of sp³-hybridized carbons (Fsp3) is 0.0526. The largest absolute Gasteiger partial charge is 0.459 e. The van der Waals surface area contributed by atoms with E-state index >= 15 is 0 Å². The standard InChI is InChI=1S/C19H15Cl2N3O3/c20-12-3-1-4-14(9-12)23-18(25)11-22-15-7-6-13(21)10-16(15)24-19(26)17-5-2-8-27-17/h1-10,22H,11H2,(H,23,25)(H,24,26). The molecule has 2 aromatic carbocycles. The summed E-state index contributed by atoms with van der Waals surface area (Å²) >= 11 is 11.9. The molecular weight excluding hydrogens is 389 g/mol. The quantitative estimate of drug-likeness (QED) is 0.546. The van der Waals surface area contributed by atoms with Crippen LogP contribution >= 0.6 is 23.2 Å². The summed E-state index contributed by atoms with van der Waals surface area (Å²) in [5.74, 6) is -0.524. The first kappa shape index (κ1) is 18.8. The SMILES string of the molecule is O=C(CNc1ccc(Cl)cc1NC(=O)c1ccco1)Nc1cccc(Cl)c1. The van der Waals surface area contributed by atoms with Gasteiger partial charge in [0.15, 0.2) is 5.76 Å². The lowest BCUT2D eigenvalue weighted by molar-refractivity contribution is -0.114. The number of carbonyl (C=O) groups is 2. The van der Waals surface area contributed by atoms with Gasteiger partial charge in [0.05, 0.1) is 24.2 Å². The van der Waals surface area contributed by atoms with Gasteiger partial charge in [-0.15, -0.1) is 0 Å². The van der Waals surface area contributed by atoms with Crippen molar-refractivity contribution >= 4 is 52.1 Å². The molecule has 6 nitrogen and oxygen atoms in total. The van der Waals surface area contributed by atoms with Crippen LogP contribution in [0.25, 0.3) is 0 Å². The Morgan fingerprint density at radius 2 is 1.70 bits per heavy atom. The van der Waals surface area contributed by atoms with Crippen LogP contribution in [0.15, 0.2) is 65.3 Å². The van der Waals surface area contributed by atoms with Crippen molar-refractivity contribution in [1.82, 2.24) is 0 Å². The van der Waals surface area contributed by atoms with Gasteiger partial charge in [0.1, 0.15) is 0 Å². The van der Waals surface area contributed by atoms with Crippen molar-refractivity contribution in [2.75, 3.05) is 22.5 Å². The second-order valence-corrected chi connectivity index (χ2v) is 6.41. The topological polar surface area (TPSA) is 83.4 Å². The molecule has 3 N–H and O–H groups in total. The highest BCUT2D eigenvalue weighted by Crippen LogP contribution is 2.26. The summed E-state index contributed by atoms with van der Waals surface area (Å²) in [4.78, 5) is 24.3. The second-order valence-electron chi connectivity index (χ2n) is 5.53. The second kappa shape index (κ2) is 8.62. The Morgan fingerprint density at radius 3 is 2.44 bits per heavy atom. The Bertz CT molecular complexity index is 959. The number of halogens is 2. The predicted molar refractivity (Wildman–Crippen MR) is 107 cm³/mol. The van der Waals surface area contributed by atoms with E-state index in [1.807, 2.05) is 0 Å². The Balaban J connectivity index is 1.65. The highest BCUT2D eigenvalue weighted by atomic mass is 35.5. The third-order valence-corrected chi connectivity index (χ3v) is 3.99. The first-order valence-electron chi connectivity index (χ1n) is 7.95. The summed E-state index contributed by atoms with van der Waals surface area (Å²) in [6.45, 7) is -0.0161. The number of carbonyl (C=O) groups excluding carboxylic acids is 2. The molecule has 0 radical (unpaired) electrons. The molecule has 8 heteroatoms. The molecule has 0 spiro atoms. The van der Waals surface area contributed by atoms with Crippen molar-refractivity contribution in [2.45, 2.75) is 0 Å². The van der Waals surface area contributed by atoms with Crippen LogP contribution in [-0.4, -0.2) is 18.4 Å². The van der Waals surface area contributed by atoms with Gasteiger partial charge in [0.2, 0.25) is 5.91 Å². The molecule has 0 saturated carbocycles. The highest BCUT2D eigenvalue weighted by molar-refractivity contribution is 6.31. The molecule has 3 rings (SSSR count). The molecule has 1 aromatic heterocycles. The summed E-state index contributed by atoms with van der Waals surface area (Å²) in [5.41, 5.74) is 1.57. The number of hydrogen-bond donors (Lipinski definition) is 3. The van der Waals surface area contributed by atoms with Crippen LogP contribution in [-0.2, 0) is 4.79 Å². The third-order valence-electron chi connectivity index (χ3n) is 3.52. The molecular formula is C19H15Cl2N3O3. The van der Waals surface area contributed by atoms with Crippen molar-refractivity contribution in [3.05, 3.63) is 76.7 Å². The van der Waals surface area contributed by atoms with E-state index in [2.05, 4.69) is 16.0 Å². The molecule has 138 valence electrons. The van der Waals surface area contributed by atoms with E-state index in [1.165, 1.54) is 6.26 Å². The minimum atomic E-state index is -0.423. The minimum absolute atomic E-state index is 0.0161. The van der Waals surface area contributed by atoms with Crippen LogP contribution in [0.1, 0.15) is 10.6 Å². The van der Waals surface area contributed by atoms with Crippen LogP contribution < -0.4 is 16.0 Å². The van der Waals surface area contributed by atoms with Crippen LogP contribution in [0.4, 0.5) is 17.1 Å². The van der Waals surface area contributed by atoms with Gasteiger partial charge >= 0.3 is 0 Å². The van der Waals surface area contributed by atoms with Crippen molar-refractivity contribution in [3.63, 3.8) is 0 Å². The lowest BCUT2D eigenvalue weighted by Crippen LogP contribution is -2.22. The summed E-state index contributed by atoms with van der Waals surface area (Å²) in [6.07, 6.45) is 1.41. The van der Waals surface area contributed by atoms with Crippen LogP contribution in [0, 0.1) is 0 Å². The zero-order valence-electron chi connectivity index (χ0n) is 14.0. The van der Waals surface area contributed by atoms with E-state index in [1.54, 1.807) is 54.6 Å². The molecule has 0 atom stereocenters. The predicted octanol–water partition coefficient (Wildman–Crippen LogP) is 4.89. The molecule has 0 aliphatic carbocycles. The Kier molecular flexibility index (Phi) is 6.01. The fourth-order valence-corrected chi connectivity index (χ4v) is 2.68. The number of benzene rings is 2. The highest BCUT2D eigenvalue weighted by Gasteiger charge is 2.13. The van der Waals surface area contributed by atoms with Gasteiger partial charge in [0, 0.05) is 15.7 Å². The molecule has 3 aromatic rings. The number of rotatable bonds is 6. The van der Waals surface area contributed by atoms with Gasteiger partial charge in [-0.3, -0.25) is 9.59 Å². The molecule has 0 unspecified atom stereocenters. The molecule has 27 heavy (non-hydrogen) atoms. The average Bonchev–Trinajstić information content (AvgIpc) is 3.16. The number of furan rings is 1. The van der Waals surface area contributed by atoms with Crippen molar-refractivity contribution in [1.29, 1.82) is 0 Å². The first-order valence-corrected chi connectivity index (χ1v) is 8.70. The Labute approximate surface area is 165 Å². The van der Waals surface area contributed by atoms with Crippen molar-refractivity contribution in [3.8, 4) is 0 Å². The summed E-state index contributed by atoms with van der Waals surface area (Å²) in [7, 11) is 0. The molecule has 0 aliphatic rings. The maximum atomic E-state index is 12.2. The monoisotopic (exact) mass is 403 g/mol. The molecule has 0 bridgehead atoms. The molecule has 1 heterocycles. The van der Waals surface area contributed by atoms with Crippen LogP contribution in [0.3, 0.4) is 0 Å². The number of nitrogens with one attached hydrogen (secondary N) is 3. The van der Waals surface area contributed by atoms with E-state index in [-0.39, 0.29) is 18.2 Å². The lowest BCUT2D eigenvalue weighted by Gasteiger charge is -2.13. The third kappa shape index (κ3) is 5.26.